The first-order valence-corrected chi connectivity index (χ1v) is 4.79. The summed E-state index contributed by atoms with van der Waals surface area (Å²) >= 11 is 2.97. The highest BCUT2D eigenvalue weighted by atomic mass is 79.9. The largest absolute Gasteiger partial charge is 0.324 e. The summed E-state index contributed by atoms with van der Waals surface area (Å²) in [4.78, 5) is 0. The summed E-state index contributed by atoms with van der Waals surface area (Å²) in [5.74, 6) is -0.493. The first kappa shape index (κ1) is 14.7. The molecule has 15 heavy (non-hydrogen) atoms. The van der Waals surface area contributed by atoms with Gasteiger partial charge in [0.05, 0.1) is 4.47 Å². The molecule has 1 rings (SSSR count). The third-order valence-corrected chi connectivity index (χ3v) is 2.65. The number of halogens is 5. The van der Waals surface area contributed by atoms with Gasteiger partial charge in [-0.25, -0.2) is 13.2 Å². The number of nitrogens with two attached hydrogens (primary N) is 1. The van der Waals surface area contributed by atoms with Crippen LogP contribution in [-0.4, -0.2) is 6.43 Å². The second-order valence-electron chi connectivity index (χ2n) is 2.88. The quantitative estimate of drug-likeness (QED) is 0.906. The molecule has 0 unspecified atom stereocenters. The van der Waals surface area contributed by atoms with Gasteiger partial charge in [-0.15, -0.1) is 12.4 Å². The Morgan fingerprint density at radius 3 is 2.47 bits per heavy atom. The number of hydrogen-bond donors (Lipinski definition) is 1. The van der Waals surface area contributed by atoms with Crippen molar-refractivity contribution < 1.29 is 13.2 Å². The van der Waals surface area contributed by atoms with Crippen molar-refractivity contribution in [3.05, 3.63) is 34.1 Å². The molecule has 0 bridgehead atoms. The van der Waals surface area contributed by atoms with E-state index >= 15 is 0 Å². The molecule has 0 radical (unpaired) electrons. The first-order valence-electron chi connectivity index (χ1n) is 4.00. The van der Waals surface area contributed by atoms with Crippen LogP contribution in [0.25, 0.3) is 0 Å². The molecule has 1 atom stereocenters. The van der Waals surface area contributed by atoms with E-state index in [1.807, 2.05) is 0 Å². The number of alkyl halides is 2. The summed E-state index contributed by atoms with van der Waals surface area (Å²) in [5, 5.41) is 0. The Bertz CT molecular complexity index is 322. The van der Waals surface area contributed by atoms with Crippen LogP contribution in [0.2, 0.25) is 0 Å². The summed E-state index contributed by atoms with van der Waals surface area (Å²) in [7, 11) is 0. The fourth-order valence-corrected chi connectivity index (χ4v) is 1.68. The molecule has 0 saturated carbocycles. The zero-order chi connectivity index (χ0) is 10.7. The van der Waals surface area contributed by atoms with E-state index in [2.05, 4.69) is 15.9 Å². The van der Waals surface area contributed by atoms with E-state index in [-0.39, 0.29) is 16.9 Å². The van der Waals surface area contributed by atoms with Gasteiger partial charge in [-0.2, -0.15) is 0 Å². The first-order chi connectivity index (χ1) is 6.52. The Kier molecular flexibility index (Phi) is 6.24. The van der Waals surface area contributed by atoms with Crippen molar-refractivity contribution in [3.63, 3.8) is 0 Å². The number of hydrogen-bond acceptors (Lipinski definition) is 1. The number of benzene rings is 1. The highest BCUT2D eigenvalue weighted by molar-refractivity contribution is 9.10. The van der Waals surface area contributed by atoms with E-state index in [0.29, 0.717) is 5.56 Å². The summed E-state index contributed by atoms with van der Waals surface area (Å²) in [5.41, 5.74) is 5.86. The van der Waals surface area contributed by atoms with Crippen LogP contribution in [0.4, 0.5) is 13.2 Å². The molecule has 0 saturated heterocycles. The maximum atomic E-state index is 13.0. The SMILES string of the molecule is Cl.N[C@@H](CC(F)F)c1cccc(F)c1Br. The van der Waals surface area contributed by atoms with Gasteiger partial charge in [0.1, 0.15) is 5.82 Å². The van der Waals surface area contributed by atoms with Gasteiger partial charge in [0.25, 0.3) is 0 Å². The highest BCUT2D eigenvalue weighted by Gasteiger charge is 2.16. The molecule has 0 heterocycles. The van der Waals surface area contributed by atoms with E-state index < -0.39 is 24.7 Å². The fourth-order valence-electron chi connectivity index (χ4n) is 1.13. The molecule has 86 valence electrons. The Balaban J connectivity index is 0.00000196. The number of rotatable bonds is 3. The standard InChI is InChI=1S/C9H9BrF3N.ClH/c10-9-5(2-1-3-6(9)11)7(14)4-8(12)13;/h1-3,7-8H,4,14H2;1H/t7-;/m0./s1. The normalized spacial score (nSPS) is 12.4. The zero-order valence-electron chi connectivity index (χ0n) is 7.59. The molecule has 1 aromatic rings. The minimum Gasteiger partial charge on any atom is -0.324 e. The lowest BCUT2D eigenvalue weighted by atomic mass is 10.1. The molecule has 0 aliphatic carbocycles. The van der Waals surface area contributed by atoms with Gasteiger partial charge in [0.2, 0.25) is 6.43 Å². The summed E-state index contributed by atoms with van der Waals surface area (Å²) in [6, 6.07) is 3.36. The zero-order valence-corrected chi connectivity index (χ0v) is 9.99. The lowest BCUT2D eigenvalue weighted by Crippen LogP contribution is -2.14. The van der Waals surface area contributed by atoms with E-state index in [1.165, 1.54) is 18.2 Å². The van der Waals surface area contributed by atoms with E-state index in [0.717, 1.165) is 0 Å². The van der Waals surface area contributed by atoms with Crippen LogP contribution in [-0.2, 0) is 0 Å². The van der Waals surface area contributed by atoms with Crippen molar-refractivity contribution in [1.29, 1.82) is 0 Å². The van der Waals surface area contributed by atoms with Gasteiger partial charge < -0.3 is 5.73 Å². The molecule has 0 spiro atoms. The van der Waals surface area contributed by atoms with Crippen molar-refractivity contribution in [2.24, 2.45) is 5.73 Å². The average molecular weight is 305 g/mol. The molecule has 1 aromatic carbocycles. The molecular weight excluding hydrogens is 294 g/mol. The van der Waals surface area contributed by atoms with Crippen molar-refractivity contribution in [2.75, 3.05) is 0 Å². The second kappa shape index (κ2) is 6.35. The van der Waals surface area contributed by atoms with Gasteiger partial charge in [-0.1, -0.05) is 12.1 Å². The van der Waals surface area contributed by atoms with Crippen molar-refractivity contribution in [3.8, 4) is 0 Å². The Morgan fingerprint density at radius 1 is 1.33 bits per heavy atom. The molecule has 2 N–H and O–H groups in total. The van der Waals surface area contributed by atoms with E-state index in [4.69, 9.17) is 5.73 Å². The second-order valence-corrected chi connectivity index (χ2v) is 3.67. The smallest absolute Gasteiger partial charge is 0.240 e. The minimum atomic E-state index is -2.49. The van der Waals surface area contributed by atoms with Gasteiger partial charge in [0.15, 0.2) is 0 Å². The van der Waals surface area contributed by atoms with E-state index in [1.54, 1.807) is 0 Å². The Labute approximate surface area is 100 Å². The maximum Gasteiger partial charge on any atom is 0.240 e. The molecule has 1 nitrogen and oxygen atoms in total. The van der Waals surface area contributed by atoms with Crippen LogP contribution in [0.1, 0.15) is 18.0 Å². The van der Waals surface area contributed by atoms with Gasteiger partial charge in [-0.3, -0.25) is 0 Å². The van der Waals surface area contributed by atoms with Crippen LogP contribution >= 0.6 is 28.3 Å². The highest BCUT2D eigenvalue weighted by Crippen LogP contribution is 2.27. The maximum absolute atomic E-state index is 13.0. The lowest BCUT2D eigenvalue weighted by Gasteiger charge is -2.13. The van der Waals surface area contributed by atoms with Crippen LogP contribution in [0, 0.1) is 5.82 Å². The minimum absolute atomic E-state index is 0. The molecule has 0 fully saturated rings. The predicted molar refractivity (Wildman–Crippen MR) is 58.9 cm³/mol. The van der Waals surface area contributed by atoms with Gasteiger partial charge >= 0.3 is 0 Å². The average Bonchev–Trinajstić information content (AvgIpc) is 2.08. The monoisotopic (exact) mass is 303 g/mol. The van der Waals surface area contributed by atoms with Gasteiger partial charge in [-0.05, 0) is 27.6 Å². The molecule has 0 aromatic heterocycles. The Hall–Kier alpha value is -0.260. The summed E-state index contributed by atoms with van der Waals surface area (Å²) in [6.07, 6.45) is -2.96. The lowest BCUT2D eigenvalue weighted by molar-refractivity contribution is 0.128. The van der Waals surface area contributed by atoms with Crippen LogP contribution in [0.15, 0.2) is 22.7 Å². The van der Waals surface area contributed by atoms with Gasteiger partial charge in [0, 0.05) is 12.5 Å². The summed E-state index contributed by atoms with van der Waals surface area (Å²) in [6.45, 7) is 0. The van der Waals surface area contributed by atoms with Crippen LogP contribution < -0.4 is 5.73 Å². The van der Waals surface area contributed by atoms with E-state index in [9.17, 15) is 13.2 Å². The van der Waals surface area contributed by atoms with Crippen molar-refractivity contribution in [2.45, 2.75) is 18.9 Å². The Morgan fingerprint density at radius 2 is 1.93 bits per heavy atom. The summed E-state index contributed by atoms with van der Waals surface area (Å²) < 4.78 is 37.2. The van der Waals surface area contributed by atoms with Crippen molar-refractivity contribution in [1.82, 2.24) is 0 Å². The van der Waals surface area contributed by atoms with Crippen molar-refractivity contribution >= 4 is 28.3 Å². The molecule has 6 heteroatoms. The molecule has 0 aliphatic heterocycles. The van der Waals surface area contributed by atoms with Crippen LogP contribution in [0.3, 0.4) is 0 Å². The van der Waals surface area contributed by atoms with Crippen LogP contribution in [0.5, 0.6) is 0 Å². The third-order valence-electron chi connectivity index (χ3n) is 1.81. The third kappa shape index (κ3) is 4.01. The molecular formula is C9H10BrClF3N. The molecule has 0 aliphatic rings. The molecule has 0 amide bonds. The topological polar surface area (TPSA) is 26.0 Å². The predicted octanol–water partition coefficient (Wildman–Crippen LogP) is 3.67. The fraction of sp³-hybridized carbons (Fsp3) is 0.333.